The van der Waals surface area contributed by atoms with Crippen molar-refractivity contribution in [3.63, 3.8) is 0 Å². The number of ether oxygens (including phenoxy) is 1. The van der Waals surface area contributed by atoms with Crippen LogP contribution in [0.2, 0.25) is 10.0 Å². The van der Waals surface area contributed by atoms with E-state index in [2.05, 4.69) is 0 Å². The minimum atomic E-state index is 0.0311. The average Bonchev–Trinajstić information content (AvgIpc) is 3.10. The molecule has 0 amide bonds. The predicted molar refractivity (Wildman–Crippen MR) is 69.5 cm³/mol. The first kappa shape index (κ1) is 11.1. The second-order valence-corrected chi connectivity index (χ2v) is 4.83. The first-order valence-electron chi connectivity index (χ1n) is 5.41. The van der Waals surface area contributed by atoms with Crippen molar-refractivity contribution in [3.05, 3.63) is 69.7 Å². The van der Waals surface area contributed by atoms with Crippen LogP contribution < -0.4 is 0 Å². The summed E-state index contributed by atoms with van der Waals surface area (Å²) in [6.07, 6.45) is 0.0622. The van der Waals surface area contributed by atoms with Crippen molar-refractivity contribution in [1.29, 1.82) is 0 Å². The summed E-state index contributed by atoms with van der Waals surface area (Å²) in [6.45, 7) is 0. The van der Waals surface area contributed by atoms with Crippen LogP contribution in [0.4, 0.5) is 0 Å². The van der Waals surface area contributed by atoms with E-state index in [0.29, 0.717) is 0 Å². The van der Waals surface area contributed by atoms with E-state index in [1.807, 2.05) is 48.5 Å². The fourth-order valence-corrected chi connectivity index (χ4v) is 2.48. The molecule has 1 heterocycles. The Bertz CT molecular complexity index is 504. The van der Waals surface area contributed by atoms with Gasteiger partial charge in [-0.2, -0.15) is 0 Å². The molecule has 0 aromatic heterocycles. The van der Waals surface area contributed by atoms with Gasteiger partial charge in [0, 0.05) is 21.2 Å². The molecule has 2 aromatic carbocycles. The predicted octanol–water partition coefficient (Wildman–Crippen LogP) is 4.81. The first-order chi connectivity index (χ1) is 8.27. The maximum absolute atomic E-state index is 6.14. The highest BCUT2D eigenvalue weighted by Gasteiger charge is 2.43. The number of halogens is 2. The molecular weight excluding hydrogens is 255 g/mol. The molecule has 0 aliphatic carbocycles. The highest BCUT2D eigenvalue weighted by atomic mass is 35.5. The van der Waals surface area contributed by atoms with Gasteiger partial charge in [0.05, 0.1) is 0 Å². The largest absolute Gasteiger partial charge is 0.359 e. The topological polar surface area (TPSA) is 12.5 Å². The lowest BCUT2D eigenvalue weighted by atomic mass is 10.0. The van der Waals surface area contributed by atoms with Gasteiger partial charge in [-0.3, -0.25) is 0 Å². The molecule has 86 valence electrons. The Hall–Kier alpha value is -1.02. The van der Waals surface area contributed by atoms with E-state index >= 15 is 0 Å². The standard InChI is InChI=1S/C14H10Cl2O/c15-11-7-3-1-5-9(11)13-14(17-13)10-6-2-4-8-12(10)16/h1-8,13-14H/t13-,14+. The van der Waals surface area contributed by atoms with Crippen LogP contribution >= 0.6 is 23.2 Å². The minimum absolute atomic E-state index is 0.0311. The molecule has 3 heteroatoms. The van der Waals surface area contributed by atoms with Gasteiger partial charge < -0.3 is 4.74 Å². The van der Waals surface area contributed by atoms with E-state index in [-0.39, 0.29) is 12.2 Å². The van der Waals surface area contributed by atoms with Crippen LogP contribution in [-0.4, -0.2) is 0 Å². The monoisotopic (exact) mass is 264 g/mol. The van der Waals surface area contributed by atoms with Gasteiger partial charge in [0.2, 0.25) is 0 Å². The molecule has 0 radical (unpaired) electrons. The second-order valence-electron chi connectivity index (χ2n) is 4.02. The number of hydrogen-bond donors (Lipinski definition) is 0. The van der Waals surface area contributed by atoms with Crippen molar-refractivity contribution in [2.24, 2.45) is 0 Å². The summed E-state index contributed by atoms with van der Waals surface area (Å²) in [5, 5.41) is 1.49. The first-order valence-corrected chi connectivity index (χ1v) is 6.17. The Kier molecular flexibility index (Phi) is 2.83. The highest BCUT2D eigenvalue weighted by Crippen LogP contribution is 2.53. The third kappa shape index (κ3) is 2.06. The van der Waals surface area contributed by atoms with Crippen LogP contribution in [0, 0.1) is 0 Å². The molecule has 0 spiro atoms. The summed E-state index contributed by atoms with van der Waals surface area (Å²) in [5.41, 5.74) is 2.05. The van der Waals surface area contributed by atoms with Crippen LogP contribution in [-0.2, 0) is 4.74 Å². The number of benzene rings is 2. The van der Waals surface area contributed by atoms with Crippen LogP contribution in [0.1, 0.15) is 23.3 Å². The highest BCUT2D eigenvalue weighted by molar-refractivity contribution is 6.32. The van der Waals surface area contributed by atoms with Crippen molar-refractivity contribution >= 4 is 23.2 Å². The Balaban J connectivity index is 1.89. The molecule has 1 saturated heterocycles. The Morgan fingerprint density at radius 2 is 1.12 bits per heavy atom. The zero-order chi connectivity index (χ0) is 11.8. The fraction of sp³-hybridized carbons (Fsp3) is 0.143. The summed E-state index contributed by atoms with van der Waals surface area (Å²) >= 11 is 12.3. The minimum Gasteiger partial charge on any atom is -0.359 e. The molecule has 2 aromatic rings. The van der Waals surface area contributed by atoms with E-state index in [9.17, 15) is 0 Å². The number of rotatable bonds is 2. The van der Waals surface area contributed by atoms with Crippen LogP contribution in [0.15, 0.2) is 48.5 Å². The van der Waals surface area contributed by atoms with Gasteiger partial charge in [0.1, 0.15) is 12.2 Å². The molecule has 3 rings (SSSR count). The summed E-state index contributed by atoms with van der Waals surface area (Å²) in [5.74, 6) is 0. The molecular formula is C14H10Cl2O. The normalized spacial score (nSPS) is 22.5. The van der Waals surface area contributed by atoms with Gasteiger partial charge >= 0.3 is 0 Å². The quantitative estimate of drug-likeness (QED) is 0.710. The third-order valence-corrected chi connectivity index (χ3v) is 3.60. The zero-order valence-corrected chi connectivity index (χ0v) is 10.4. The molecule has 0 bridgehead atoms. The molecule has 1 aliphatic heterocycles. The third-order valence-electron chi connectivity index (χ3n) is 2.92. The van der Waals surface area contributed by atoms with Crippen LogP contribution in [0.25, 0.3) is 0 Å². The lowest BCUT2D eigenvalue weighted by Crippen LogP contribution is -1.86. The van der Waals surface area contributed by atoms with Gasteiger partial charge in [-0.05, 0) is 12.1 Å². The maximum atomic E-state index is 6.14. The van der Waals surface area contributed by atoms with Gasteiger partial charge in [0.15, 0.2) is 0 Å². The van der Waals surface area contributed by atoms with Crippen molar-refractivity contribution in [2.45, 2.75) is 12.2 Å². The molecule has 0 N–H and O–H groups in total. The summed E-state index contributed by atoms with van der Waals surface area (Å²) in [6, 6.07) is 15.5. The van der Waals surface area contributed by atoms with Crippen molar-refractivity contribution in [2.75, 3.05) is 0 Å². The van der Waals surface area contributed by atoms with E-state index in [1.165, 1.54) is 0 Å². The Morgan fingerprint density at radius 1 is 0.706 bits per heavy atom. The molecule has 0 saturated carbocycles. The van der Waals surface area contributed by atoms with E-state index in [0.717, 1.165) is 21.2 Å². The summed E-state index contributed by atoms with van der Waals surface area (Å²) < 4.78 is 5.68. The van der Waals surface area contributed by atoms with Crippen LogP contribution in [0.3, 0.4) is 0 Å². The second kappa shape index (κ2) is 4.34. The molecule has 1 nitrogen and oxygen atoms in total. The van der Waals surface area contributed by atoms with E-state index in [4.69, 9.17) is 27.9 Å². The SMILES string of the molecule is Clc1ccccc1[C@H]1O[C@H]1c1ccccc1Cl. The molecule has 1 fully saturated rings. The number of epoxide rings is 1. The van der Waals surface area contributed by atoms with E-state index < -0.39 is 0 Å². The number of hydrogen-bond acceptors (Lipinski definition) is 1. The van der Waals surface area contributed by atoms with Crippen molar-refractivity contribution in [1.82, 2.24) is 0 Å². The Morgan fingerprint density at radius 3 is 1.53 bits per heavy atom. The van der Waals surface area contributed by atoms with Gasteiger partial charge in [0.25, 0.3) is 0 Å². The molecule has 2 atom stereocenters. The van der Waals surface area contributed by atoms with Gasteiger partial charge in [-0.1, -0.05) is 59.6 Å². The van der Waals surface area contributed by atoms with Gasteiger partial charge in [-0.15, -0.1) is 0 Å². The summed E-state index contributed by atoms with van der Waals surface area (Å²) in [7, 11) is 0. The molecule has 1 aliphatic rings. The maximum Gasteiger partial charge on any atom is 0.115 e. The molecule has 0 unspecified atom stereocenters. The smallest absolute Gasteiger partial charge is 0.115 e. The summed E-state index contributed by atoms with van der Waals surface area (Å²) in [4.78, 5) is 0. The lowest BCUT2D eigenvalue weighted by Gasteiger charge is -2.01. The fourth-order valence-electron chi connectivity index (χ4n) is 2.00. The van der Waals surface area contributed by atoms with Crippen molar-refractivity contribution in [3.8, 4) is 0 Å². The lowest BCUT2D eigenvalue weighted by molar-refractivity contribution is 0.378. The zero-order valence-electron chi connectivity index (χ0n) is 8.94. The Labute approximate surface area is 110 Å². The van der Waals surface area contributed by atoms with E-state index in [1.54, 1.807) is 0 Å². The van der Waals surface area contributed by atoms with Crippen LogP contribution in [0.5, 0.6) is 0 Å². The van der Waals surface area contributed by atoms with Crippen molar-refractivity contribution < 1.29 is 4.74 Å². The molecule has 17 heavy (non-hydrogen) atoms. The average molecular weight is 265 g/mol. The van der Waals surface area contributed by atoms with Gasteiger partial charge in [-0.25, -0.2) is 0 Å².